The van der Waals surface area contributed by atoms with Gasteiger partial charge in [0.05, 0.1) is 5.69 Å². The maximum absolute atomic E-state index is 5.94. The Balaban J connectivity index is 1.30. The molecule has 0 amide bonds. The molecule has 30 heavy (non-hydrogen) atoms. The number of benzene rings is 2. The number of hydrogen-bond donors (Lipinski definition) is 0. The summed E-state index contributed by atoms with van der Waals surface area (Å²) in [5, 5.41) is 4.78. The highest BCUT2D eigenvalue weighted by molar-refractivity contribution is 5.63. The Kier molecular flexibility index (Phi) is 5.09. The van der Waals surface area contributed by atoms with E-state index in [9.17, 15) is 0 Å². The zero-order valence-corrected chi connectivity index (χ0v) is 17.9. The molecule has 0 radical (unpaired) electrons. The second-order valence-electron chi connectivity index (χ2n) is 9.06. The summed E-state index contributed by atoms with van der Waals surface area (Å²) in [6, 6.07) is 18.2. The minimum atomic E-state index is 0.507. The fourth-order valence-corrected chi connectivity index (χ4v) is 5.10. The predicted octanol–water partition coefficient (Wildman–Crippen LogP) is 4.41. The van der Waals surface area contributed by atoms with Crippen LogP contribution in [0.1, 0.15) is 18.4 Å². The van der Waals surface area contributed by atoms with Gasteiger partial charge in [-0.05, 0) is 74.8 Å². The van der Waals surface area contributed by atoms with Crippen LogP contribution in [-0.2, 0) is 13.6 Å². The third kappa shape index (κ3) is 4.00. The average molecular weight is 403 g/mol. The van der Waals surface area contributed by atoms with Crippen LogP contribution in [0.15, 0.2) is 60.8 Å². The third-order valence-electron chi connectivity index (χ3n) is 6.55. The Bertz CT molecular complexity index is 998. The molecule has 5 heteroatoms. The Morgan fingerprint density at radius 1 is 0.900 bits per heavy atom. The topological polar surface area (TPSA) is 33.5 Å². The molecule has 3 heterocycles. The van der Waals surface area contributed by atoms with Gasteiger partial charge in [0, 0.05) is 44.0 Å². The monoisotopic (exact) mass is 402 g/mol. The van der Waals surface area contributed by atoms with E-state index in [4.69, 9.17) is 9.84 Å². The number of likely N-dealkylation sites (tertiary alicyclic amines) is 2. The number of aryl methyl sites for hydroxylation is 1. The first-order valence-electron chi connectivity index (χ1n) is 10.9. The molecule has 2 aromatic carbocycles. The van der Waals surface area contributed by atoms with Crippen molar-refractivity contribution in [2.45, 2.75) is 19.4 Å². The minimum absolute atomic E-state index is 0.507. The summed E-state index contributed by atoms with van der Waals surface area (Å²) >= 11 is 0. The van der Waals surface area contributed by atoms with Gasteiger partial charge in [-0.2, -0.15) is 5.10 Å². The van der Waals surface area contributed by atoms with Crippen molar-refractivity contribution in [2.75, 3.05) is 33.2 Å². The van der Waals surface area contributed by atoms with E-state index >= 15 is 0 Å². The summed E-state index contributed by atoms with van der Waals surface area (Å²) in [5.41, 5.74) is 4.03. The van der Waals surface area contributed by atoms with Crippen LogP contribution in [0.2, 0.25) is 0 Å². The van der Waals surface area contributed by atoms with E-state index in [2.05, 4.69) is 35.2 Å². The molecule has 0 N–H and O–H groups in total. The lowest BCUT2D eigenvalue weighted by molar-refractivity contribution is 0.251. The van der Waals surface area contributed by atoms with Gasteiger partial charge in [0.25, 0.3) is 0 Å². The van der Waals surface area contributed by atoms with Gasteiger partial charge in [-0.1, -0.05) is 18.2 Å². The molecule has 1 aromatic heterocycles. The van der Waals surface area contributed by atoms with Gasteiger partial charge in [0.15, 0.2) is 0 Å². The van der Waals surface area contributed by atoms with Gasteiger partial charge in [-0.3, -0.25) is 9.58 Å². The maximum Gasteiger partial charge on any atom is 0.127 e. The van der Waals surface area contributed by atoms with Crippen LogP contribution >= 0.6 is 0 Å². The van der Waals surface area contributed by atoms with E-state index in [1.165, 1.54) is 44.6 Å². The Morgan fingerprint density at radius 2 is 1.63 bits per heavy atom. The molecule has 0 aliphatic carbocycles. The van der Waals surface area contributed by atoms with E-state index in [-0.39, 0.29) is 0 Å². The molecule has 3 aromatic rings. The minimum Gasteiger partial charge on any atom is -0.457 e. The molecule has 2 aliphatic heterocycles. The van der Waals surface area contributed by atoms with E-state index in [0.29, 0.717) is 5.41 Å². The predicted molar refractivity (Wildman–Crippen MR) is 120 cm³/mol. The summed E-state index contributed by atoms with van der Waals surface area (Å²) in [7, 11) is 4.26. The normalized spacial score (nSPS) is 22.2. The van der Waals surface area contributed by atoms with Crippen molar-refractivity contribution >= 4 is 0 Å². The molecule has 1 spiro atoms. The van der Waals surface area contributed by atoms with E-state index in [1.807, 2.05) is 54.2 Å². The van der Waals surface area contributed by atoms with E-state index in [1.54, 1.807) is 0 Å². The summed E-state index contributed by atoms with van der Waals surface area (Å²) in [6.07, 6.45) is 4.83. The van der Waals surface area contributed by atoms with Crippen LogP contribution in [0.25, 0.3) is 11.3 Å². The summed E-state index contributed by atoms with van der Waals surface area (Å²) < 4.78 is 7.88. The van der Waals surface area contributed by atoms with Crippen molar-refractivity contribution in [2.24, 2.45) is 12.5 Å². The molecular weight excluding hydrogens is 372 g/mol. The lowest BCUT2D eigenvalue weighted by Gasteiger charge is -2.23. The second kappa shape index (κ2) is 7.89. The molecular formula is C25H30N4O. The van der Waals surface area contributed by atoms with Crippen LogP contribution < -0.4 is 4.74 Å². The van der Waals surface area contributed by atoms with Crippen molar-refractivity contribution < 1.29 is 4.74 Å². The first-order valence-corrected chi connectivity index (χ1v) is 10.9. The lowest BCUT2D eigenvalue weighted by Crippen LogP contribution is -2.29. The van der Waals surface area contributed by atoms with Gasteiger partial charge >= 0.3 is 0 Å². The number of nitrogens with zero attached hydrogens (tertiary/aromatic N) is 4. The quantitative estimate of drug-likeness (QED) is 0.633. The molecule has 2 saturated heterocycles. The Labute approximate surface area is 178 Å². The number of para-hydroxylation sites is 1. The highest BCUT2D eigenvalue weighted by Crippen LogP contribution is 2.39. The van der Waals surface area contributed by atoms with Gasteiger partial charge in [0.1, 0.15) is 11.5 Å². The van der Waals surface area contributed by atoms with Crippen molar-refractivity contribution in [3.63, 3.8) is 0 Å². The molecule has 2 fully saturated rings. The zero-order valence-electron chi connectivity index (χ0n) is 17.9. The highest BCUT2D eigenvalue weighted by atomic mass is 16.5. The first-order chi connectivity index (χ1) is 14.6. The molecule has 5 rings (SSSR count). The molecule has 2 aliphatic rings. The molecule has 0 bridgehead atoms. The fraction of sp³-hybridized carbons (Fsp3) is 0.400. The zero-order chi connectivity index (χ0) is 20.6. The molecule has 0 saturated carbocycles. The molecule has 1 atom stereocenters. The largest absolute Gasteiger partial charge is 0.457 e. The molecule has 156 valence electrons. The van der Waals surface area contributed by atoms with Crippen LogP contribution in [0.3, 0.4) is 0 Å². The van der Waals surface area contributed by atoms with Gasteiger partial charge in [-0.15, -0.1) is 0 Å². The first kappa shape index (κ1) is 19.3. The van der Waals surface area contributed by atoms with Crippen molar-refractivity contribution in [3.05, 3.63) is 66.4 Å². The number of aromatic nitrogens is 2. The van der Waals surface area contributed by atoms with Crippen LogP contribution in [0.5, 0.6) is 11.5 Å². The van der Waals surface area contributed by atoms with Crippen molar-refractivity contribution in [3.8, 4) is 22.8 Å². The third-order valence-corrected chi connectivity index (χ3v) is 6.55. The second-order valence-corrected chi connectivity index (χ2v) is 9.06. The van der Waals surface area contributed by atoms with E-state index < -0.39 is 0 Å². The van der Waals surface area contributed by atoms with Crippen LogP contribution in [0, 0.1) is 5.41 Å². The average Bonchev–Trinajstić information content (AvgIpc) is 3.43. The number of rotatable bonds is 5. The SMILES string of the molecule is CN1CCC2(CCN(Cc3cn(C)nc3-c3ccc(Oc4ccccc4)cc3)C2)C1. The number of ether oxygens (including phenoxy) is 1. The lowest BCUT2D eigenvalue weighted by atomic mass is 9.86. The van der Waals surface area contributed by atoms with Gasteiger partial charge in [-0.25, -0.2) is 0 Å². The standard InChI is InChI=1S/C25H30N4O/c1-27-14-12-25(18-27)13-15-29(19-25)17-21-16-28(2)26-24(21)20-8-10-23(11-9-20)30-22-6-4-3-5-7-22/h3-11,16H,12-15,17-19H2,1-2H3. The molecule has 1 unspecified atom stereocenters. The fourth-order valence-electron chi connectivity index (χ4n) is 5.10. The van der Waals surface area contributed by atoms with Gasteiger partial charge < -0.3 is 9.64 Å². The summed E-state index contributed by atoms with van der Waals surface area (Å²) in [5.74, 6) is 1.69. The van der Waals surface area contributed by atoms with E-state index in [0.717, 1.165) is 29.3 Å². The highest BCUT2D eigenvalue weighted by Gasteiger charge is 2.42. The Morgan fingerprint density at radius 3 is 2.37 bits per heavy atom. The Hall–Kier alpha value is -2.63. The van der Waals surface area contributed by atoms with Gasteiger partial charge in [0.2, 0.25) is 0 Å². The number of hydrogen-bond acceptors (Lipinski definition) is 4. The molecule has 5 nitrogen and oxygen atoms in total. The summed E-state index contributed by atoms with van der Waals surface area (Å²) in [4.78, 5) is 5.10. The summed E-state index contributed by atoms with van der Waals surface area (Å²) in [6.45, 7) is 5.84. The van der Waals surface area contributed by atoms with Crippen molar-refractivity contribution in [1.29, 1.82) is 0 Å². The smallest absolute Gasteiger partial charge is 0.127 e. The van der Waals surface area contributed by atoms with Crippen molar-refractivity contribution in [1.82, 2.24) is 19.6 Å². The van der Waals surface area contributed by atoms with Crippen LogP contribution in [0.4, 0.5) is 0 Å². The maximum atomic E-state index is 5.94. The van der Waals surface area contributed by atoms with Crippen LogP contribution in [-0.4, -0.2) is 52.8 Å².